The van der Waals surface area contributed by atoms with Gasteiger partial charge in [-0.1, -0.05) is 0 Å². The quantitative estimate of drug-likeness (QED) is 0.753. The van der Waals surface area contributed by atoms with Crippen LogP contribution in [0.1, 0.15) is 5.69 Å². The number of aliphatic carboxylic acids is 1. The summed E-state index contributed by atoms with van der Waals surface area (Å²) in [4.78, 5) is 11.1. The summed E-state index contributed by atoms with van der Waals surface area (Å²) in [7, 11) is -3.93. The fraction of sp³-hybridized carbons (Fsp3) is 0.500. The fourth-order valence-corrected chi connectivity index (χ4v) is 3.28. The van der Waals surface area contributed by atoms with Crippen LogP contribution in [-0.2, 0) is 14.8 Å². The van der Waals surface area contributed by atoms with Crippen molar-refractivity contribution in [3.63, 3.8) is 0 Å². The smallest absolute Gasteiger partial charge is 0.323 e. The van der Waals surface area contributed by atoms with E-state index in [1.165, 1.54) is 12.1 Å². The highest BCUT2D eigenvalue weighted by atomic mass is 35.5. The van der Waals surface area contributed by atoms with Gasteiger partial charge in [-0.3, -0.25) is 4.79 Å². The number of rotatable bonds is 3. The van der Waals surface area contributed by atoms with Crippen LogP contribution in [0.2, 0.25) is 0 Å². The predicted octanol–water partition coefficient (Wildman–Crippen LogP) is -0.746. The van der Waals surface area contributed by atoms with E-state index in [0.717, 1.165) is 4.31 Å². The maximum Gasteiger partial charge on any atom is 0.323 e. The molecule has 1 saturated heterocycles. The molecule has 10 heteroatoms. The molecule has 0 spiro atoms. The second kappa shape index (κ2) is 6.44. The summed E-state index contributed by atoms with van der Waals surface area (Å²) >= 11 is 0. The van der Waals surface area contributed by atoms with Crippen molar-refractivity contribution in [2.24, 2.45) is 0 Å². The fourth-order valence-electron chi connectivity index (χ4n) is 1.83. The minimum atomic E-state index is -3.93. The Morgan fingerprint density at radius 3 is 2.70 bits per heavy atom. The lowest BCUT2D eigenvalue weighted by atomic mass is 10.2. The monoisotopic (exact) mass is 322 g/mol. The molecule has 112 valence electrons. The summed E-state index contributed by atoms with van der Waals surface area (Å²) in [6.07, 6.45) is 0. The maximum atomic E-state index is 12.3. The molecule has 0 bridgehead atoms. The normalized spacial score (nSPS) is 20.1. The second-order valence-electron chi connectivity index (χ2n) is 4.19. The lowest BCUT2D eigenvalue weighted by molar-refractivity contribution is -0.141. The van der Waals surface area contributed by atoms with Crippen molar-refractivity contribution >= 4 is 28.4 Å². The van der Waals surface area contributed by atoms with Crippen LogP contribution in [0.5, 0.6) is 0 Å². The highest BCUT2D eigenvalue weighted by molar-refractivity contribution is 7.89. The van der Waals surface area contributed by atoms with E-state index in [9.17, 15) is 13.2 Å². The molecule has 1 unspecified atom stereocenters. The van der Waals surface area contributed by atoms with Crippen molar-refractivity contribution in [3.05, 3.63) is 17.8 Å². The van der Waals surface area contributed by atoms with Gasteiger partial charge in [-0.05, 0) is 19.1 Å². The first-order valence-electron chi connectivity index (χ1n) is 5.68. The van der Waals surface area contributed by atoms with Crippen molar-refractivity contribution in [3.8, 4) is 0 Å². The average molecular weight is 323 g/mol. The number of nitrogens with one attached hydrogen (secondary N) is 1. The van der Waals surface area contributed by atoms with Gasteiger partial charge in [-0.15, -0.1) is 17.5 Å². The third-order valence-electron chi connectivity index (χ3n) is 2.83. The molecule has 0 radical (unpaired) electrons. The molecule has 2 rings (SSSR count). The van der Waals surface area contributed by atoms with Crippen LogP contribution >= 0.6 is 12.4 Å². The van der Waals surface area contributed by atoms with Crippen molar-refractivity contribution in [1.82, 2.24) is 19.8 Å². The average Bonchev–Trinajstić information content (AvgIpc) is 2.39. The van der Waals surface area contributed by atoms with Gasteiger partial charge in [-0.2, -0.15) is 9.40 Å². The lowest BCUT2D eigenvalue weighted by Gasteiger charge is -2.31. The molecular weight excluding hydrogens is 308 g/mol. The third-order valence-corrected chi connectivity index (χ3v) is 4.63. The van der Waals surface area contributed by atoms with Crippen molar-refractivity contribution in [2.45, 2.75) is 18.0 Å². The van der Waals surface area contributed by atoms with Crippen LogP contribution in [0.15, 0.2) is 17.2 Å². The molecular formula is C10H15ClN4O4S. The SMILES string of the molecule is Cc1ccc(S(=O)(=O)N2CCNCC2C(=O)O)nn1.Cl. The molecule has 8 nitrogen and oxygen atoms in total. The van der Waals surface area contributed by atoms with Gasteiger partial charge in [-0.25, -0.2) is 8.42 Å². The van der Waals surface area contributed by atoms with Gasteiger partial charge in [0.05, 0.1) is 5.69 Å². The molecule has 1 aliphatic rings. The third kappa shape index (κ3) is 3.23. The lowest BCUT2D eigenvalue weighted by Crippen LogP contribution is -2.56. The molecule has 0 aromatic carbocycles. The van der Waals surface area contributed by atoms with Crippen molar-refractivity contribution in [2.75, 3.05) is 19.6 Å². The number of piperazine rings is 1. The topological polar surface area (TPSA) is 112 Å². The van der Waals surface area contributed by atoms with E-state index < -0.39 is 22.0 Å². The zero-order chi connectivity index (χ0) is 14.0. The predicted molar refractivity (Wildman–Crippen MR) is 72.2 cm³/mol. The van der Waals surface area contributed by atoms with E-state index in [2.05, 4.69) is 15.5 Å². The number of halogens is 1. The number of carbonyl (C=O) groups is 1. The number of aryl methyl sites for hydroxylation is 1. The molecule has 0 amide bonds. The Morgan fingerprint density at radius 1 is 1.45 bits per heavy atom. The molecule has 0 aliphatic carbocycles. The van der Waals surface area contributed by atoms with Crippen LogP contribution < -0.4 is 5.32 Å². The molecule has 2 N–H and O–H groups in total. The molecule has 1 atom stereocenters. The minimum absolute atomic E-state index is 0. The summed E-state index contributed by atoms with van der Waals surface area (Å²) in [5, 5.41) is 19.0. The Labute approximate surface area is 122 Å². The van der Waals surface area contributed by atoms with Crippen molar-refractivity contribution in [1.29, 1.82) is 0 Å². The van der Waals surface area contributed by atoms with Gasteiger partial charge in [0, 0.05) is 19.6 Å². The Kier molecular flexibility index (Phi) is 5.40. The minimum Gasteiger partial charge on any atom is -0.480 e. The summed E-state index contributed by atoms with van der Waals surface area (Å²) in [6, 6.07) is 1.73. The van der Waals surface area contributed by atoms with Gasteiger partial charge in [0.2, 0.25) is 0 Å². The Bertz CT molecular complexity index is 577. The summed E-state index contributed by atoms with van der Waals surface area (Å²) in [5.74, 6) is -1.18. The van der Waals surface area contributed by atoms with Crippen LogP contribution in [0, 0.1) is 6.92 Å². The Balaban J connectivity index is 0.00000200. The van der Waals surface area contributed by atoms with Crippen LogP contribution in [-0.4, -0.2) is 59.7 Å². The summed E-state index contributed by atoms with van der Waals surface area (Å²) in [5.41, 5.74) is 0.592. The molecule has 20 heavy (non-hydrogen) atoms. The number of hydrogen-bond donors (Lipinski definition) is 2. The maximum absolute atomic E-state index is 12.3. The first-order valence-corrected chi connectivity index (χ1v) is 7.12. The Morgan fingerprint density at radius 2 is 2.15 bits per heavy atom. The van der Waals surface area contributed by atoms with E-state index in [4.69, 9.17) is 5.11 Å². The molecule has 1 aromatic rings. The van der Waals surface area contributed by atoms with E-state index in [-0.39, 0.29) is 30.5 Å². The zero-order valence-corrected chi connectivity index (χ0v) is 12.3. The van der Waals surface area contributed by atoms with E-state index in [1.54, 1.807) is 6.92 Å². The number of aromatic nitrogens is 2. The molecule has 1 fully saturated rings. The first-order chi connectivity index (χ1) is 8.93. The van der Waals surface area contributed by atoms with E-state index >= 15 is 0 Å². The van der Waals surface area contributed by atoms with E-state index in [0.29, 0.717) is 12.2 Å². The summed E-state index contributed by atoms with van der Waals surface area (Å²) in [6.45, 7) is 2.26. The zero-order valence-electron chi connectivity index (χ0n) is 10.7. The van der Waals surface area contributed by atoms with Gasteiger partial charge in [0.25, 0.3) is 10.0 Å². The first kappa shape index (κ1) is 16.8. The van der Waals surface area contributed by atoms with Gasteiger partial charge >= 0.3 is 5.97 Å². The number of carboxylic acid groups (broad SMARTS) is 1. The van der Waals surface area contributed by atoms with Crippen LogP contribution in [0.3, 0.4) is 0 Å². The van der Waals surface area contributed by atoms with Crippen LogP contribution in [0.4, 0.5) is 0 Å². The largest absolute Gasteiger partial charge is 0.480 e. The van der Waals surface area contributed by atoms with Gasteiger partial charge in [0.15, 0.2) is 5.03 Å². The van der Waals surface area contributed by atoms with E-state index in [1.807, 2.05) is 0 Å². The van der Waals surface area contributed by atoms with Crippen molar-refractivity contribution < 1.29 is 18.3 Å². The molecule has 2 heterocycles. The molecule has 0 saturated carbocycles. The van der Waals surface area contributed by atoms with Gasteiger partial charge in [0.1, 0.15) is 6.04 Å². The number of hydrogen-bond acceptors (Lipinski definition) is 6. The molecule has 1 aliphatic heterocycles. The second-order valence-corrected chi connectivity index (χ2v) is 6.02. The number of nitrogens with zero attached hydrogens (tertiary/aromatic N) is 3. The van der Waals surface area contributed by atoms with Gasteiger partial charge < -0.3 is 10.4 Å². The highest BCUT2D eigenvalue weighted by Crippen LogP contribution is 2.17. The van der Waals surface area contributed by atoms with Crippen LogP contribution in [0.25, 0.3) is 0 Å². The number of sulfonamides is 1. The summed E-state index contributed by atoms with van der Waals surface area (Å²) < 4.78 is 25.6. The number of carboxylic acids is 1. The Hall–Kier alpha value is -1.29. The molecule has 1 aromatic heterocycles. The standard InChI is InChI=1S/C10H14N4O4S.ClH/c1-7-2-3-9(13-12-7)19(17,18)14-5-4-11-6-8(14)10(15)16;/h2-3,8,11H,4-6H2,1H3,(H,15,16);1H. The highest BCUT2D eigenvalue weighted by Gasteiger charge is 2.38.